The zero-order valence-electron chi connectivity index (χ0n) is 15.0. The number of piperazine rings is 1. The fourth-order valence-corrected chi connectivity index (χ4v) is 4.92. The molecule has 142 valence electrons. The summed E-state index contributed by atoms with van der Waals surface area (Å²) in [6.45, 7) is 3.43. The highest BCUT2D eigenvalue weighted by molar-refractivity contribution is 9.10. The average Bonchev–Trinajstić information content (AvgIpc) is 3.22. The highest BCUT2D eigenvalue weighted by Gasteiger charge is 2.63. The Morgan fingerprint density at radius 2 is 2.04 bits per heavy atom. The maximum absolute atomic E-state index is 13.3. The first-order chi connectivity index (χ1) is 12.6. The number of carbonyl (C=O) groups excluding carboxylic acids is 2. The number of hydrogen-bond acceptors (Lipinski definition) is 6. The first-order valence-corrected chi connectivity index (χ1v) is 9.69. The molecule has 9 heteroatoms. The van der Waals surface area contributed by atoms with Crippen LogP contribution in [0.2, 0.25) is 0 Å². The Balaban J connectivity index is 1.95. The lowest BCUT2D eigenvalue weighted by Crippen LogP contribution is -2.65. The van der Waals surface area contributed by atoms with E-state index in [0.717, 1.165) is 0 Å². The molecular weight excluding hydrogens is 434 g/mol. The molecule has 2 amide bonds. The number of nitriles is 1. The summed E-state index contributed by atoms with van der Waals surface area (Å²) in [6.07, 6.45) is 0.240. The van der Waals surface area contributed by atoms with Gasteiger partial charge >= 0.3 is 0 Å². The van der Waals surface area contributed by atoms with Gasteiger partial charge in [0, 0.05) is 17.1 Å². The zero-order valence-corrected chi connectivity index (χ0v) is 17.5. The number of carbonyl (C=O) groups is 2. The van der Waals surface area contributed by atoms with Gasteiger partial charge in [0.05, 0.1) is 17.5 Å². The summed E-state index contributed by atoms with van der Waals surface area (Å²) in [5.41, 5.74) is -0.333. The molecule has 3 aliphatic heterocycles. The van der Waals surface area contributed by atoms with E-state index in [0.29, 0.717) is 21.5 Å². The predicted molar refractivity (Wildman–Crippen MR) is 102 cm³/mol. The van der Waals surface area contributed by atoms with Crippen LogP contribution in [-0.4, -0.2) is 46.4 Å². The Labute approximate surface area is 170 Å². The molecule has 2 fully saturated rings. The van der Waals surface area contributed by atoms with E-state index < -0.39 is 22.4 Å². The third-order valence-electron chi connectivity index (χ3n) is 5.80. The summed E-state index contributed by atoms with van der Waals surface area (Å²) in [7, 11) is 1.56. The Hall–Kier alpha value is -1.92. The Bertz CT molecular complexity index is 915. The van der Waals surface area contributed by atoms with Gasteiger partial charge < -0.3 is 19.3 Å². The summed E-state index contributed by atoms with van der Waals surface area (Å²) in [5, 5.41) is 9.99. The van der Waals surface area contributed by atoms with E-state index in [1.165, 1.54) is 9.80 Å². The minimum Gasteiger partial charge on any atom is -0.454 e. The maximum atomic E-state index is 13.3. The number of ether oxygens (including phenoxy) is 2. The molecule has 0 spiro atoms. The van der Waals surface area contributed by atoms with Crippen molar-refractivity contribution >= 4 is 40.4 Å². The van der Waals surface area contributed by atoms with Crippen molar-refractivity contribution in [1.82, 2.24) is 9.80 Å². The summed E-state index contributed by atoms with van der Waals surface area (Å²) in [5.74, 6) is 0.511. The minimum atomic E-state index is -1.30. The van der Waals surface area contributed by atoms with Crippen LogP contribution in [0, 0.1) is 16.7 Å². The van der Waals surface area contributed by atoms with Gasteiger partial charge in [-0.05, 0) is 32.4 Å². The highest BCUT2D eigenvalue weighted by atomic mass is 79.9. The maximum Gasteiger partial charge on any atom is 0.259 e. The monoisotopic (exact) mass is 451 g/mol. The summed E-state index contributed by atoms with van der Waals surface area (Å²) >= 11 is 7.99. The molecule has 3 heterocycles. The van der Waals surface area contributed by atoms with Crippen molar-refractivity contribution < 1.29 is 19.1 Å². The number of hydrogen-bond donors (Lipinski definition) is 1. The molecule has 0 aromatic heterocycles. The molecular formula is C18H18BrN3O4S. The van der Waals surface area contributed by atoms with Crippen LogP contribution in [-0.2, 0) is 9.59 Å². The number of nitrogens with zero attached hydrogens (tertiary/aromatic N) is 3. The normalized spacial score (nSPS) is 34.7. The zero-order chi connectivity index (χ0) is 19.7. The van der Waals surface area contributed by atoms with Crippen LogP contribution in [0.4, 0.5) is 0 Å². The van der Waals surface area contributed by atoms with Crippen molar-refractivity contribution in [3.63, 3.8) is 0 Å². The number of rotatable bonds is 1. The van der Waals surface area contributed by atoms with Gasteiger partial charge in [-0.1, -0.05) is 15.9 Å². The van der Waals surface area contributed by atoms with E-state index in [1.807, 2.05) is 0 Å². The lowest BCUT2D eigenvalue weighted by atomic mass is 9.79. The molecule has 4 atom stereocenters. The third-order valence-corrected chi connectivity index (χ3v) is 6.98. The number of fused-ring (bicyclic) bond motifs is 2. The third kappa shape index (κ3) is 2.32. The molecule has 0 N–H and O–H groups in total. The van der Waals surface area contributed by atoms with Gasteiger partial charge in [-0.25, -0.2) is 0 Å². The Kier molecular flexibility index (Phi) is 3.95. The molecule has 0 saturated carbocycles. The van der Waals surface area contributed by atoms with Crippen molar-refractivity contribution in [2.75, 3.05) is 13.8 Å². The van der Waals surface area contributed by atoms with Gasteiger partial charge in [0.1, 0.15) is 6.04 Å². The van der Waals surface area contributed by atoms with Crippen molar-refractivity contribution in [2.45, 2.75) is 37.2 Å². The van der Waals surface area contributed by atoms with Gasteiger partial charge in [-0.3, -0.25) is 9.59 Å². The van der Waals surface area contributed by atoms with Gasteiger partial charge in [0.25, 0.3) is 5.91 Å². The van der Waals surface area contributed by atoms with E-state index in [4.69, 9.17) is 9.47 Å². The van der Waals surface area contributed by atoms with Crippen LogP contribution >= 0.6 is 28.6 Å². The molecule has 0 aliphatic carbocycles. The lowest BCUT2D eigenvalue weighted by Gasteiger charge is -2.46. The number of amides is 2. The molecule has 1 aromatic carbocycles. The van der Waals surface area contributed by atoms with Crippen molar-refractivity contribution in [3.05, 3.63) is 22.2 Å². The Morgan fingerprint density at radius 1 is 1.33 bits per heavy atom. The molecule has 1 aromatic rings. The van der Waals surface area contributed by atoms with Crippen LogP contribution in [0.25, 0.3) is 0 Å². The SMILES string of the molecule is CN1C(=O)C2C[C@](C)(C#N)C(c3c(Br)ccc4c3OCO4)N2C(=O)C1(C)S. The molecule has 7 nitrogen and oxygen atoms in total. The van der Waals surface area contributed by atoms with Crippen LogP contribution in [0.5, 0.6) is 11.5 Å². The molecule has 0 bridgehead atoms. The molecule has 0 radical (unpaired) electrons. The van der Waals surface area contributed by atoms with Crippen LogP contribution in [0.3, 0.4) is 0 Å². The largest absolute Gasteiger partial charge is 0.454 e. The second kappa shape index (κ2) is 5.79. The summed E-state index contributed by atoms with van der Waals surface area (Å²) in [6, 6.07) is 4.52. The predicted octanol–water partition coefficient (Wildman–Crippen LogP) is 2.47. The van der Waals surface area contributed by atoms with E-state index in [9.17, 15) is 14.9 Å². The van der Waals surface area contributed by atoms with Crippen molar-refractivity contribution in [2.24, 2.45) is 5.41 Å². The first-order valence-electron chi connectivity index (χ1n) is 8.45. The smallest absolute Gasteiger partial charge is 0.259 e. The molecule has 3 unspecified atom stereocenters. The van der Waals surface area contributed by atoms with Crippen LogP contribution in [0.15, 0.2) is 16.6 Å². The van der Waals surface area contributed by atoms with Gasteiger partial charge in [0.15, 0.2) is 16.4 Å². The topological polar surface area (TPSA) is 82.9 Å². The highest BCUT2D eigenvalue weighted by Crippen LogP contribution is 2.57. The quantitative estimate of drug-likeness (QED) is 0.663. The summed E-state index contributed by atoms with van der Waals surface area (Å²) < 4.78 is 11.8. The first kappa shape index (κ1) is 18.4. The minimum absolute atomic E-state index is 0.0676. The van der Waals surface area contributed by atoms with E-state index >= 15 is 0 Å². The second-order valence-corrected chi connectivity index (χ2v) is 9.20. The molecule has 2 saturated heterocycles. The number of thiol groups is 1. The van der Waals surface area contributed by atoms with E-state index in [2.05, 4.69) is 34.6 Å². The van der Waals surface area contributed by atoms with Gasteiger partial charge in [-0.15, -0.1) is 12.6 Å². The van der Waals surface area contributed by atoms with E-state index in [1.54, 1.807) is 33.0 Å². The fourth-order valence-electron chi connectivity index (χ4n) is 4.18. The average molecular weight is 452 g/mol. The van der Waals surface area contributed by atoms with E-state index in [-0.39, 0.29) is 25.0 Å². The van der Waals surface area contributed by atoms with Crippen LogP contribution < -0.4 is 9.47 Å². The van der Waals surface area contributed by atoms with Gasteiger partial charge in [-0.2, -0.15) is 5.26 Å². The van der Waals surface area contributed by atoms with Crippen LogP contribution in [0.1, 0.15) is 31.9 Å². The van der Waals surface area contributed by atoms with Crippen molar-refractivity contribution in [1.29, 1.82) is 5.26 Å². The van der Waals surface area contributed by atoms with Crippen molar-refractivity contribution in [3.8, 4) is 17.6 Å². The van der Waals surface area contributed by atoms with Gasteiger partial charge in [0.2, 0.25) is 12.7 Å². The summed E-state index contributed by atoms with van der Waals surface area (Å²) in [4.78, 5) is 27.9. The molecule has 27 heavy (non-hydrogen) atoms. The molecule has 3 aliphatic rings. The number of halogens is 1. The Morgan fingerprint density at radius 3 is 2.70 bits per heavy atom. The number of likely N-dealkylation sites (N-methyl/N-ethyl adjacent to an activating group) is 1. The number of benzene rings is 1. The lowest BCUT2D eigenvalue weighted by molar-refractivity contribution is -0.161. The fraction of sp³-hybridized carbons (Fsp3) is 0.500. The molecule has 4 rings (SSSR count). The standard InChI is InChI=1S/C18H18BrN3O4S/c1-17(7-20)6-10-15(23)21(3)18(2,27)16(24)22(10)14(17)12-9(19)4-5-11-13(12)26-8-25-11/h4-5,10,14,27H,6,8H2,1-3H3/t10?,14?,17-,18?/m1/s1. The second-order valence-electron chi connectivity index (χ2n) is 7.48.